The van der Waals surface area contributed by atoms with Gasteiger partial charge >= 0.3 is 0 Å². The Morgan fingerprint density at radius 2 is 2.38 bits per heavy atom. The van der Waals surface area contributed by atoms with Gasteiger partial charge in [0, 0.05) is 17.7 Å². The summed E-state index contributed by atoms with van der Waals surface area (Å²) >= 11 is 5.14. The molecular formula is C12H19N3S. The molecular weight excluding hydrogens is 218 g/mol. The van der Waals surface area contributed by atoms with Crippen LogP contribution in [0.2, 0.25) is 0 Å². The number of aromatic nitrogens is 2. The lowest BCUT2D eigenvalue weighted by Gasteiger charge is -2.16. The van der Waals surface area contributed by atoms with Crippen LogP contribution in [0.1, 0.15) is 44.0 Å². The summed E-state index contributed by atoms with van der Waals surface area (Å²) in [6.07, 6.45) is 6.36. The molecule has 88 valence electrons. The Morgan fingerprint density at radius 1 is 1.62 bits per heavy atom. The Morgan fingerprint density at radius 3 is 3.00 bits per heavy atom. The zero-order valence-corrected chi connectivity index (χ0v) is 10.8. The van der Waals surface area contributed by atoms with E-state index in [0.29, 0.717) is 16.9 Å². The van der Waals surface area contributed by atoms with Crippen LogP contribution in [0.25, 0.3) is 0 Å². The molecule has 2 N–H and O–H groups in total. The van der Waals surface area contributed by atoms with Gasteiger partial charge in [0.1, 0.15) is 0 Å². The smallest absolute Gasteiger partial charge is 0.0762 e. The van der Waals surface area contributed by atoms with Crippen LogP contribution in [0.5, 0.6) is 0 Å². The molecule has 1 atom stereocenters. The summed E-state index contributed by atoms with van der Waals surface area (Å²) in [5, 5.41) is 4.47. The zero-order chi connectivity index (χ0) is 11.7. The number of hydrogen-bond acceptors (Lipinski definition) is 2. The molecule has 0 radical (unpaired) electrons. The van der Waals surface area contributed by atoms with Crippen molar-refractivity contribution >= 4 is 17.2 Å². The lowest BCUT2D eigenvalue weighted by Crippen LogP contribution is -2.24. The third-order valence-electron chi connectivity index (χ3n) is 3.32. The SMILES string of the molecule is CC(C)n1ncc2c1C[C@H](C(N)=S)CCC2. The van der Waals surface area contributed by atoms with Gasteiger partial charge in [0.25, 0.3) is 0 Å². The molecule has 1 aliphatic rings. The van der Waals surface area contributed by atoms with Crippen molar-refractivity contribution in [2.45, 2.75) is 45.6 Å². The van der Waals surface area contributed by atoms with Gasteiger partial charge in [0.05, 0.1) is 11.2 Å². The highest BCUT2D eigenvalue weighted by atomic mass is 32.1. The van der Waals surface area contributed by atoms with Crippen LogP contribution in [0.4, 0.5) is 0 Å². The number of thiocarbonyl (C=S) groups is 1. The number of rotatable bonds is 2. The van der Waals surface area contributed by atoms with Crippen molar-refractivity contribution in [2.75, 3.05) is 0 Å². The van der Waals surface area contributed by atoms with Gasteiger partial charge in [-0.3, -0.25) is 4.68 Å². The average Bonchev–Trinajstić information content (AvgIpc) is 2.48. The van der Waals surface area contributed by atoms with E-state index in [2.05, 4.69) is 23.6 Å². The van der Waals surface area contributed by atoms with Gasteiger partial charge in [-0.1, -0.05) is 12.2 Å². The Bertz CT molecular complexity index is 395. The Hall–Kier alpha value is -0.900. The first-order valence-corrected chi connectivity index (χ1v) is 6.35. The maximum absolute atomic E-state index is 5.79. The Labute approximate surface area is 102 Å². The maximum atomic E-state index is 5.79. The first-order valence-electron chi connectivity index (χ1n) is 5.94. The largest absolute Gasteiger partial charge is 0.393 e. The zero-order valence-electron chi connectivity index (χ0n) is 9.94. The van der Waals surface area contributed by atoms with Crippen LogP contribution in [-0.4, -0.2) is 14.8 Å². The molecule has 2 rings (SSSR count). The lowest BCUT2D eigenvalue weighted by atomic mass is 10.00. The fourth-order valence-corrected chi connectivity index (χ4v) is 2.62. The second kappa shape index (κ2) is 4.53. The van der Waals surface area contributed by atoms with Crippen LogP contribution >= 0.6 is 12.2 Å². The highest BCUT2D eigenvalue weighted by molar-refractivity contribution is 7.80. The van der Waals surface area contributed by atoms with E-state index in [9.17, 15) is 0 Å². The molecule has 0 unspecified atom stereocenters. The minimum absolute atomic E-state index is 0.352. The molecule has 1 aromatic heterocycles. The standard InChI is InChI=1S/C12H19N3S/c1-8(2)15-11-6-9(12(13)16)4-3-5-10(11)7-14-15/h7-9H,3-6H2,1-2H3,(H2,13,16)/t9-/m1/s1. The van der Waals surface area contributed by atoms with Crippen LogP contribution in [0.15, 0.2) is 6.20 Å². The highest BCUT2D eigenvalue weighted by Gasteiger charge is 2.22. The molecule has 3 nitrogen and oxygen atoms in total. The van der Waals surface area contributed by atoms with Crippen molar-refractivity contribution in [1.82, 2.24) is 9.78 Å². The van der Waals surface area contributed by atoms with E-state index >= 15 is 0 Å². The van der Waals surface area contributed by atoms with Crippen LogP contribution in [0.3, 0.4) is 0 Å². The predicted octanol–water partition coefficient (Wildman–Crippen LogP) is 2.25. The normalized spacial score (nSPS) is 20.6. The number of nitrogens with zero attached hydrogens (tertiary/aromatic N) is 2. The summed E-state index contributed by atoms with van der Waals surface area (Å²) in [6, 6.07) is 0.411. The number of nitrogens with two attached hydrogens (primary N) is 1. The fraction of sp³-hybridized carbons (Fsp3) is 0.667. The van der Waals surface area contributed by atoms with Crippen LogP contribution in [0, 0.1) is 5.92 Å². The number of fused-ring (bicyclic) bond motifs is 1. The third-order valence-corrected chi connectivity index (χ3v) is 3.65. The predicted molar refractivity (Wildman–Crippen MR) is 69.5 cm³/mol. The monoisotopic (exact) mass is 237 g/mol. The quantitative estimate of drug-likeness (QED) is 0.634. The van der Waals surface area contributed by atoms with Crippen molar-refractivity contribution in [1.29, 1.82) is 0 Å². The summed E-state index contributed by atoms with van der Waals surface area (Å²) in [5.74, 6) is 0.352. The maximum Gasteiger partial charge on any atom is 0.0762 e. The topological polar surface area (TPSA) is 43.8 Å². The van der Waals surface area contributed by atoms with E-state index in [1.54, 1.807) is 0 Å². The van der Waals surface area contributed by atoms with Crippen molar-refractivity contribution in [2.24, 2.45) is 11.7 Å². The summed E-state index contributed by atoms with van der Waals surface area (Å²) in [4.78, 5) is 0.657. The summed E-state index contributed by atoms with van der Waals surface area (Å²) in [6.45, 7) is 4.32. The minimum Gasteiger partial charge on any atom is -0.393 e. The van der Waals surface area contributed by atoms with E-state index in [-0.39, 0.29) is 0 Å². The fourth-order valence-electron chi connectivity index (χ4n) is 2.42. The van der Waals surface area contributed by atoms with E-state index in [1.165, 1.54) is 17.7 Å². The lowest BCUT2D eigenvalue weighted by molar-refractivity contribution is 0.493. The van der Waals surface area contributed by atoms with Gasteiger partial charge in [-0.2, -0.15) is 5.10 Å². The summed E-state index contributed by atoms with van der Waals surface area (Å²) in [5.41, 5.74) is 8.51. The second-order valence-electron chi connectivity index (χ2n) is 4.85. The highest BCUT2D eigenvalue weighted by Crippen LogP contribution is 2.26. The van der Waals surface area contributed by atoms with Crippen LogP contribution in [-0.2, 0) is 12.8 Å². The third kappa shape index (κ3) is 2.12. The van der Waals surface area contributed by atoms with Gasteiger partial charge in [-0.25, -0.2) is 0 Å². The second-order valence-corrected chi connectivity index (χ2v) is 5.32. The molecule has 4 heteroatoms. The van der Waals surface area contributed by atoms with Gasteiger partial charge in [-0.15, -0.1) is 0 Å². The molecule has 0 saturated carbocycles. The first kappa shape index (κ1) is 11.6. The molecule has 0 saturated heterocycles. The average molecular weight is 237 g/mol. The van der Waals surface area contributed by atoms with Crippen molar-refractivity contribution < 1.29 is 0 Å². The van der Waals surface area contributed by atoms with Gasteiger partial charge in [0.15, 0.2) is 0 Å². The molecule has 0 spiro atoms. The molecule has 0 aromatic carbocycles. The van der Waals surface area contributed by atoms with E-state index < -0.39 is 0 Å². The molecule has 16 heavy (non-hydrogen) atoms. The Balaban J connectivity index is 2.32. The van der Waals surface area contributed by atoms with Gasteiger partial charge < -0.3 is 5.73 Å². The summed E-state index contributed by atoms with van der Waals surface area (Å²) < 4.78 is 2.12. The van der Waals surface area contributed by atoms with Crippen molar-refractivity contribution in [3.8, 4) is 0 Å². The van der Waals surface area contributed by atoms with E-state index in [4.69, 9.17) is 18.0 Å². The molecule has 1 aliphatic carbocycles. The first-order chi connectivity index (χ1) is 7.59. The van der Waals surface area contributed by atoms with Crippen LogP contribution < -0.4 is 5.73 Å². The van der Waals surface area contributed by atoms with Crippen molar-refractivity contribution in [3.63, 3.8) is 0 Å². The van der Waals surface area contributed by atoms with Gasteiger partial charge in [0.2, 0.25) is 0 Å². The molecule has 0 aliphatic heterocycles. The Kier molecular flexibility index (Phi) is 3.28. The summed E-state index contributed by atoms with van der Waals surface area (Å²) in [7, 11) is 0. The molecule has 0 fully saturated rings. The molecule has 1 heterocycles. The van der Waals surface area contributed by atoms with E-state index in [1.807, 2.05) is 6.20 Å². The minimum atomic E-state index is 0.352. The van der Waals surface area contributed by atoms with Gasteiger partial charge in [-0.05, 0) is 45.1 Å². The van der Waals surface area contributed by atoms with Crippen molar-refractivity contribution in [3.05, 3.63) is 17.5 Å². The number of aryl methyl sites for hydroxylation is 1. The molecule has 0 bridgehead atoms. The molecule has 0 amide bonds. The van der Waals surface area contributed by atoms with E-state index in [0.717, 1.165) is 19.3 Å². The number of hydrogen-bond donors (Lipinski definition) is 1. The molecule has 1 aromatic rings.